The molecular formula is C11H16N2O4S. The van der Waals surface area contributed by atoms with E-state index in [2.05, 4.69) is 0 Å². The van der Waals surface area contributed by atoms with Crippen LogP contribution in [-0.4, -0.2) is 21.1 Å². The molecule has 2 N–H and O–H groups in total. The van der Waals surface area contributed by atoms with Crippen LogP contribution in [0, 0.1) is 0 Å². The molecule has 0 radical (unpaired) electrons. The number of carbonyl (C=O) groups excluding carboxylic acids is 1. The van der Waals surface area contributed by atoms with E-state index in [1.807, 2.05) is 6.92 Å². The van der Waals surface area contributed by atoms with Crippen LogP contribution in [0.2, 0.25) is 0 Å². The molecular weight excluding hydrogens is 256 g/mol. The highest BCUT2D eigenvalue weighted by Crippen LogP contribution is 2.16. The van der Waals surface area contributed by atoms with Gasteiger partial charge in [0.1, 0.15) is 0 Å². The van der Waals surface area contributed by atoms with E-state index in [9.17, 15) is 13.2 Å². The second-order valence-electron chi connectivity index (χ2n) is 3.61. The number of hydrogen-bond acceptors (Lipinski definition) is 4. The van der Waals surface area contributed by atoms with E-state index in [4.69, 9.17) is 9.88 Å². The number of ether oxygens (including phenoxy) is 1. The Morgan fingerprint density at radius 2 is 1.94 bits per heavy atom. The molecule has 0 spiro atoms. The minimum absolute atomic E-state index is 0.154. The van der Waals surface area contributed by atoms with Crippen molar-refractivity contribution in [2.24, 2.45) is 5.14 Å². The quantitative estimate of drug-likeness (QED) is 0.825. The smallest absolute Gasteiger partial charge is 0.429 e. The van der Waals surface area contributed by atoms with Gasteiger partial charge in [-0.05, 0) is 18.6 Å². The molecule has 0 unspecified atom stereocenters. The molecule has 1 aromatic carbocycles. The van der Waals surface area contributed by atoms with Crippen molar-refractivity contribution >= 4 is 22.0 Å². The zero-order valence-electron chi connectivity index (χ0n) is 10.1. The number of nitrogens with zero attached hydrogens (tertiary/aromatic N) is 1. The van der Waals surface area contributed by atoms with Crippen LogP contribution < -0.4 is 9.44 Å². The molecule has 0 aliphatic heterocycles. The molecule has 0 aliphatic carbocycles. The van der Waals surface area contributed by atoms with Crippen LogP contribution in [0.25, 0.3) is 0 Å². The average Bonchev–Trinajstić information content (AvgIpc) is 2.29. The van der Waals surface area contributed by atoms with Crippen LogP contribution in [0.4, 0.5) is 10.5 Å². The molecule has 0 saturated heterocycles. The van der Waals surface area contributed by atoms with E-state index < -0.39 is 16.3 Å². The summed E-state index contributed by atoms with van der Waals surface area (Å²) in [5.74, 6) is 0. The lowest BCUT2D eigenvalue weighted by Crippen LogP contribution is -2.42. The summed E-state index contributed by atoms with van der Waals surface area (Å²) in [4.78, 5) is 11.7. The Morgan fingerprint density at radius 1 is 1.33 bits per heavy atom. The highest BCUT2D eigenvalue weighted by atomic mass is 32.2. The SMILES string of the molecule is CCCCOC(=O)N(c1ccccc1)S(N)(=O)=O. The Morgan fingerprint density at radius 3 is 2.44 bits per heavy atom. The number of amides is 1. The predicted octanol–water partition coefficient (Wildman–Crippen LogP) is 1.63. The maximum absolute atomic E-state index is 11.7. The van der Waals surface area contributed by atoms with Crippen LogP contribution in [0.1, 0.15) is 19.8 Å². The first-order valence-corrected chi connectivity index (χ1v) is 7.02. The van der Waals surface area contributed by atoms with Gasteiger partial charge in [0.2, 0.25) is 0 Å². The van der Waals surface area contributed by atoms with E-state index in [-0.39, 0.29) is 12.3 Å². The standard InChI is InChI=1S/C11H16N2O4S/c1-2-3-9-17-11(14)13(18(12,15)16)10-7-5-4-6-8-10/h4-8H,2-3,9H2,1H3,(H2,12,15,16). The van der Waals surface area contributed by atoms with Gasteiger partial charge >= 0.3 is 16.3 Å². The molecule has 0 atom stereocenters. The molecule has 0 saturated carbocycles. The van der Waals surface area contributed by atoms with E-state index in [0.29, 0.717) is 10.7 Å². The minimum atomic E-state index is -4.20. The zero-order valence-corrected chi connectivity index (χ0v) is 10.9. The highest BCUT2D eigenvalue weighted by Gasteiger charge is 2.27. The van der Waals surface area contributed by atoms with Gasteiger partial charge in [-0.1, -0.05) is 31.5 Å². The minimum Gasteiger partial charge on any atom is -0.448 e. The Kier molecular flexibility index (Phi) is 5.11. The first-order chi connectivity index (χ1) is 8.46. The fraction of sp³-hybridized carbons (Fsp3) is 0.364. The van der Waals surface area contributed by atoms with Crippen LogP contribution in [0.3, 0.4) is 0 Å². The third-order valence-corrected chi connectivity index (χ3v) is 3.00. The monoisotopic (exact) mass is 272 g/mol. The Balaban J connectivity index is 2.91. The van der Waals surface area contributed by atoms with E-state index in [1.165, 1.54) is 12.1 Å². The van der Waals surface area contributed by atoms with Crippen molar-refractivity contribution in [1.82, 2.24) is 0 Å². The van der Waals surface area contributed by atoms with E-state index >= 15 is 0 Å². The van der Waals surface area contributed by atoms with Crippen molar-refractivity contribution in [2.75, 3.05) is 10.9 Å². The number of para-hydroxylation sites is 1. The Bertz CT molecular complexity index is 487. The predicted molar refractivity (Wildman–Crippen MR) is 68.3 cm³/mol. The molecule has 1 rings (SSSR count). The maximum atomic E-state index is 11.7. The summed E-state index contributed by atoms with van der Waals surface area (Å²) in [5, 5.41) is 5.01. The normalized spacial score (nSPS) is 11.0. The Hall–Kier alpha value is -1.60. The van der Waals surface area contributed by atoms with E-state index in [0.717, 1.165) is 6.42 Å². The van der Waals surface area contributed by atoms with Gasteiger partial charge in [-0.2, -0.15) is 12.7 Å². The summed E-state index contributed by atoms with van der Waals surface area (Å²) in [5.41, 5.74) is 0.154. The summed E-state index contributed by atoms with van der Waals surface area (Å²) >= 11 is 0. The summed E-state index contributed by atoms with van der Waals surface area (Å²) in [6.07, 6.45) is 0.518. The average molecular weight is 272 g/mol. The number of benzene rings is 1. The van der Waals surface area contributed by atoms with Gasteiger partial charge in [0, 0.05) is 0 Å². The molecule has 0 aromatic heterocycles. The number of hydrogen-bond donors (Lipinski definition) is 1. The van der Waals surface area contributed by atoms with Crippen LogP contribution in [0.5, 0.6) is 0 Å². The maximum Gasteiger partial charge on any atom is 0.429 e. The number of nitrogens with two attached hydrogens (primary N) is 1. The van der Waals surface area contributed by atoms with Gasteiger partial charge < -0.3 is 4.74 Å². The van der Waals surface area contributed by atoms with Crippen molar-refractivity contribution in [3.8, 4) is 0 Å². The van der Waals surface area contributed by atoms with Crippen molar-refractivity contribution < 1.29 is 17.9 Å². The van der Waals surface area contributed by atoms with Crippen LogP contribution in [-0.2, 0) is 14.9 Å². The molecule has 18 heavy (non-hydrogen) atoms. The molecule has 0 heterocycles. The van der Waals surface area contributed by atoms with E-state index in [1.54, 1.807) is 18.2 Å². The molecule has 100 valence electrons. The third kappa shape index (κ3) is 4.01. The number of anilines is 1. The zero-order chi connectivity index (χ0) is 13.6. The molecule has 7 heteroatoms. The van der Waals surface area contributed by atoms with Gasteiger partial charge in [-0.3, -0.25) is 0 Å². The lowest BCUT2D eigenvalue weighted by atomic mass is 10.3. The number of carbonyl (C=O) groups is 1. The van der Waals surface area contributed by atoms with Gasteiger partial charge in [0.25, 0.3) is 0 Å². The van der Waals surface area contributed by atoms with Gasteiger partial charge in [0.05, 0.1) is 12.3 Å². The first kappa shape index (κ1) is 14.5. The van der Waals surface area contributed by atoms with Crippen molar-refractivity contribution in [1.29, 1.82) is 0 Å². The lowest BCUT2D eigenvalue weighted by Gasteiger charge is -2.19. The summed E-state index contributed by atoms with van der Waals surface area (Å²) in [6, 6.07) is 7.84. The van der Waals surface area contributed by atoms with Crippen LogP contribution in [0.15, 0.2) is 30.3 Å². The summed E-state index contributed by atoms with van der Waals surface area (Å²) in [6.45, 7) is 2.09. The number of unbranched alkanes of at least 4 members (excludes halogenated alkanes) is 1. The second-order valence-corrected chi connectivity index (χ2v) is 5.01. The molecule has 0 bridgehead atoms. The number of rotatable bonds is 5. The van der Waals surface area contributed by atoms with Crippen molar-refractivity contribution in [3.05, 3.63) is 30.3 Å². The highest BCUT2D eigenvalue weighted by molar-refractivity contribution is 7.91. The molecule has 1 amide bonds. The fourth-order valence-corrected chi connectivity index (χ4v) is 1.96. The third-order valence-electron chi connectivity index (χ3n) is 2.13. The van der Waals surface area contributed by atoms with Crippen LogP contribution >= 0.6 is 0 Å². The molecule has 1 aromatic rings. The van der Waals surface area contributed by atoms with Crippen molar-refractivity contribution in [3.63, 3.8) is 0 Å². The second kappa shape index (κ2) is 6.36. The first-order valence-electron chi connectivity index (χ1n) is 5.51. The Labute approximate surface area is 107 Å². The fourth-order valence-electron chi connectivity index (χ4n) is 1.28. The lowest BCUT2D eigenvalue weighted by molar-refractivity contribution is 0.156. The molecule has 0 aliphatic rings. The summed E-state index contributed by atoms with van der Waals surface area (Å²) < 4.78 is 28.1. The van der Waals surface area contributed by atoms with Gasteiger partial charge in [-0.25, -0.2) is 9.93 Å². The van der Waals surface area contributed by atoms with Crippen molar-refractivity contribution in [2.45, 2.75) is 19.8 Å². The topological polar surface area (TPSA) is 89.7 Å². The summed E-state index contributed by atoms with van der Waals surface area (Å²) in [7, 11) is -4.20. The molecule has 6 nitrogen and oxygen atoms in total. The van der Waals surface area contributed by atoms with Gasteiger partial charge in [-0.15, -0.1) is 0 Å². The largest absolute Gasteiger partial charge is 0.448 e. The molecule has 0 fully saturated rings. The van der Waals surface area contributed by atoms with Gasteiger partial charge in [0.15, 0.2) is 0 Å².